The SMILES string of the molecule is CC(C1CC1)N(C)S(=O)(=O)c1ccc(N)nc1. The van der Waals surface area contributed by atoms with Crippen molar-refractivity contribution < 1.29 is 8.42 Å². The number of nitrogens with zero attached hydrogens (tertiary/aromatic N) is 2. The second kappa shape index (κ2) is 4.27. The van der Waals surface area contributed by atoms with Crippen molar-refractivity contribution in [1.82, 2.24) is 9.29 Å². The first kappa shape index (κ1) is 12.3. The molecule has 2 N–H and O–H groups in total. The molecule has 1 heterocycles. The monoisotopic (exact) mass is 255 g/mol. The van der Waals surface area contributed by atoms with Gasteiger partial charge in [-0.3, -0.25) is 0 Å². The minimum Gasteiger partial charge on any atom is -0.384 e. The van der Waals surface area contributed by atoms with Gasteiger partial charge in [-0.25, -0.2) is 13.4 Å². The third-order valence-electron chi connectivity index (χ3n) is 3.31. The van der Waals surface area contributed by atoms with Crippen LogP contribution in [0.2, 0.25) is 0 Å². The number of nitrogens with two attached hydrogens (primary N) is 1. The van der Waals surface area contributed by atoms with Crippen molar-refractivity contribution in [3.63, 3.8) is 0 Å². The van der Waals surface area contributed by atoms with Crippen LogP contribution < -0.4 is 5.73 Å². The molecule has 1 aromatic rings. The largest absolute Gasteiger partial charge is 0.384 e. The molecular weight excluding hydrogens is 238 g/mol. The van der Waals surface area contributed by atoms with Crippen LogP contribution in [0.1, 0.15) is 19.8 Å². The standard InChI is InChI=1S/C11H17N3O2S/c1-8(9-3-4-9)14(2)17(15,16)10-5-6-11(12)13-7-10/h5-9H,3-4H2,1-2H3,(H2,12,13). The highest BCUT2D eigenvalue weighted by Gasteiger charge is 2.36. The molecule has 1 atom stereocenters. The topological polar surface area (TPSA) is 76.3 Å². The Morgan fingerprint density at radius 1 is 1.47 bits per heavy atom. The molecule has 0 aliphatic heterocycles. The summed E-state index contributed by atoms with van der Waals surface area (Å²) < 4.78 is 26.0. The number of anilines is 1. The Hall–Kier alpha value is -1.14. The number of aromatic nitrogens is 1. The number of pyridine rings is 1. The van der Waals surface area contributed by atoms with E-state index in [4.69, 9.17) is 5.73 Å². The van der Waals surface area contributed by atoms with Crippen LogP contribution in [-0.4, -0.2) is 30.8 Å². The molecule has 5 nitrogen and oxygen atoms in total. The summed E-state index contributed by atoms with van der Waals surface area (Å²) in [4.78, 5) is 4.02. The van der Waals surface area contributed by atoms with E-state index in [-0.39, 0.29) is 10.9 Å². The molecule has 0 radical (unpaired) electrons. The Morgan fingerprint density at radius 3 is 2.59 bits per heavy atom. The fourth-order valence-electron chi connectivity index (χ4n) is 1.80. The molecule has 17 heavy (non-hydrogen) atoms. The van der Waals surface area contributed by atoms with Crippen LogP contribution in [0.15, 0.2) is 23.2 Å². The molecule has 2 rings (SSSR count). The van der Waals surface area contributed by atoms with E-state index in [9.17, 15) is 8.42 Å². The highest BCUT2D eigenvalue weighted by Crippen LogP contribution is 2.36. The maximum atomic E-state index is 12.3. The fourth-order valence-corrected chi connectivity index (χ4v) is 3.17. The minimum absolute atomic E-state index is 0.0394. The second-order valence-corrected chi connectivity index (χ2v) is 6.52. The van der Waals surface area contributed by atoms with Crippen molar-refractivity contribution in [3.8, 4) is 0 Å². The molecule has 1 saturated carbocycles. The highest BCUT2D eigenvalue weighted by atomic mass is 32.2. The zero-order valence-corrected chi connectivity index (χ0v) is 10.8. The normalized spacial score (nSPS) is 18.3. The molecule has 1 fully saturated rings. The summed E-state index contributed by atoms with van der Waals surface area (Å²) in [5.41, 5.74) is 5.44. The molecule has 1 unspecified atom stereocenters. The lowest BCUT2D eigenvalue weighted by molar-refractivity contribution is 0.357. The molecule has 6 heteroatoms. The van der Waals surface area contributed by atoms with E-state index in [1.165, 1.54) is 22.6 Å². The van der Waals surface area contributed by atoms with Gasteiger partial charge in [-0.05, 0) is 37.8 Å². The summed E-state index contributed by atoms with van der Waals surface area (Å²) in [6.45, 7) is 1.94. The van der Waals surface area contributed by atoms with Crippen LogP contribution in [0, 0.1) is 5.92 Å². The Kier molecular flexibility index (Phi) is 3.09. The maximum Gasteiger partial charge on any atom is 0.244 e. The summed E-state index contributed by atoms with van der Waals surface area (Å²) >= 11 is 0. The second-order valence-electron chi connectivity index (χ2n) is 4.52. The zero-order valence-electron chi connectivity index (χ0n) is 10.00. The zero-order chi connectivity index (χ0) is 12.6. The third-order valence-corrected chi connectivity index (χ3v) is 5.24. The van der Waals surface area contributed by atoms with Gasteiger partial charge in [-0.15, -0.1) is 0 Å². The van der Waals surface area contributed by atoms with E-state index in [2.05, 4.69) is 4.98 Å². The number of rotatable bonds is 4. The first-order valence-electron chi connectivity index (χ1n) is 5.62. The summed E-state index contributed by atoms with van der Waals surface area (Å²) in [5, 5.41) is 0. The van der Waals surface area contributed by atoms with Crippen molar-refractivity contribution in [2.45, 2.75) is 30.7 Å². The van der Waals surface area contributed by atoms with Gasteiger partial charge in [0.05, 0.1) is 0 Å². The Bertz CT molecular complexity index is 494. The molecule has 1 aliphatic carbocycles. The lowest BCUT2D eigenvalue weighted by atomic mass is 10.2. The predicted molar refractivity (Wildman–Crippen MR) is 65.8 cm³/mol. The Morgan fingerprint density at radius 2 is 2.12 bits per heavy atom. The van der Waals surface area contributed by atoms with Gasteiger partial charge in [0.15, 0.2) is 0 Å². The first-order chi connectivity index (χ1) is 7.93. The van der Waals surface area contributed by atoms with Crippen LogP contribution >= 0.6 is 0 Å². The highest BCUT2D eigenvalue weighted by molar-refractivity contribution is 7.89. The quantitative estimate of drug-likeness (QED) is 0.873. The molecule has 0 spiro atoms. The minimum atomic E-state index is -3.44. The van der Waals surface area contributed by atoms with E-state index in [1.807, 2.05) is 6.92 Å². The van der Waals surface area contributed by atoms with E-state index in [0.717, 1.165) is 12.8 Å². The van der Waals surface area contributed by atoms with E-state index in [1.54, 1.807) is 7.05 Å². The summed E-state index contributed by atoms with van der Waals surface area (Å²) in [7, 11) is -1.83. The molecule has 0 saturated heterocycles. The Labute approximate surface area is 102 Å². The van der Waals surface area contributed by atoms with Crippen LogP contribution in [0.3, 0.4) is 0 Å². The molecule has 0 bridgehead atoms. The van der Waals surface area contributed by atoms with Gasteiger partial charge in [0.1, 0.15) is 10.7 Å². The van der Waals surface area contributed by atoms with Gasteiger partial charge in [0, 0.05) is 19.3 Å². The van der Waals surface area contributed by atoms with Gasteiger partial charge in [-0.2, -0.15) is 4.31 Å². The molecule has 94 valence electrons. The maximum absolute atomic E-state index is 12.3. The van der Waals surface area contributed by atoms with Crippen molar-refractivity contribution in [3.05, 3.63) is 18.3 Å². The first-order valence-corrected chi connectivity index (χ1v) is 7.06. The van der Waals surface area contributed by atoms with Crippen molar-refractivity contribution in [2.75, 3.05) is 12.8 Å². The van der Waals surface area contributed by atoms with Gasteiger partial charge >= 0.3 is 0 Å². The number of sulfonamides is 1. The molecule has 0 aromatic carbocycles. The van der Waals surface area contributed by atoms with Crippen molar-refractivity contribution >= 4 is 15.8 Å². The number of hydrogen-bond donors (Lipinski definition) is 1. The van der Waals surface area contributed by atoms with Gasteiger partial charge < -0.3 is 5.73 Å². The molecular formula is C11H17N3O2S. The van der Waals surface area contributed by atoms with Crippen molar-refractivity contribution in [1.29, 1.82) is 0 Å². The lowest BCUT2D eigenvalue weighted by Crippen LogP contribution is -2.36. The van der Waals surface area contributed by atoms with Crippen LogP contribution in [0.4, 0.5) is 5.82 Å². The van der Waals surface area contributed by atoms with Crippen LogP contribution in [0.5, 0.6) is 0 Å². The van der Waals surface area contributed by atoms with Crippen LogP contribution in [0.25, 0.3) is 0 Å². The smallest absolute Gasteiger partial charge is 0.244 e. The Balaban J connectivity index is 2.25. The van der Waals surface area contributed by atoms with E-state index < -0.39 is 10.0 Å². The average molecular weight is 255 g/mol. The number of nitrogen functional groups attached to an aromatic ring is 1. The van der Waals surface area contributed by atoms with Crippen molar-refractivity contribution in [2.24, 2.45) is 5.92 Å². The summed E-state index contributed by atoms with van der Waals surface area (Å²) in [5.74, 6) is 0.818. The summed E-state index contributed by atoms with van der Waals surface area (Å²) in [6.07, 6.45) is 3.53. The van der Waals surface area contributed by atoms with Gasteiger partial charge in [-0.1, -0.05) is 0 Å². The van der Waals surface area contributed by atoms with Crippen LogP contribution in [-0.2, 0) is 10.0 Å². The third kappa shape index (κ3) is 2.42. The average Bonchev–Trinajstić information content (AvgIpc) is 3.11. The van der Waals surface area contributed by atoms with E-state index in [0.29, 0.717) is 11.7 Å². The summed E-state index contributed by atoms with van der Waals surface area (Å²) in [6, 6.07) is 3.04. The van der Waals surface area contributed by atoms with E-state index >= 15 is 0 Å². The molecule has 1 aromatic heterocycles. The fraction of sp³-hybridized carbons (Fsp3) is 0.545. The lowest BCUT2D eigenvalue weighted by Gasteiger charge is -2.23. The number of hydrogen-bond acceptors (Lipinski definition) is 4. The van der Waals surface area contributed by atoms with Gasteiger partial charge in [0.2, 0.25) is 10.0 Å². The van der Waals surface area contributed by atoms with Gasteiger partial charge in [0.25, 0.3) is 0 Å². The predicted octanol–water partition coefficient (Wildman–Crippen LogP) is 1.08. The molecule has 1 aliphatic rings. The molecule has 0 amide bonds.